The quantitative estimate of drug-likeness (QED) is 0.273. The third kappa shape index (κ3) is 5.15. The van der Waals surface area contributed by atoms with E-state index in [4.69, 9.17) is 9.79 Å². The molecular formula is C15H18NO8P. The lowest BCUT2D eigenvalue weighted by atomic mass is 9.84. The highest BCUT2D eigenvalue weighted by atomic mass is 31.2. The summed E-state index contributed by atoms with van der Waals surface area (Å²) in [6.07, 6.45) is 1.39. The number of allylic oxidation sites excluding steroid dienone is 2. The highest BCUT2D eigenvalue weighted by molar-refractivity contribution is 7.49. The zero-order valence-electron chi connectivity index (χ0n) is 12.9. The molecule has 1 aliphatic carbocycles. The van der Waals surface area contributed by atoms with Gasteiger partial charge in [0.2, 0.25) is 0 Å². The van der Waals surface area contributed by atoms with Gasteiger partial charge in [-0.1, -0.05) is 12.1 Å². The summed E-state index contributed by atoms with van der Waals surface area (Å²) in [6.45, 7) is 0. The monoisotopic (exact) mass is 371 g/mol. The summed E-state index contributed by atoms with van der Waals surface area (Å²) in [5, 5.41) is 41.0. The lowest BCUT2D eigenvalue weighted by Crippen LogP contribution is -2.46. The number of carbonyl (C=O) groups is 1. The number of benzene rings is 1. The third-order valence-corrected chi connectivity index (χ3v) is 4.19. The molecule has 1 unspecified atom stereocenters. The number of aryl methyl sites for hydroxylation is 1. The molecule has 0 saturated heterocycles. The number of carbonyl (C=O) groups excluding carboxylic acids is 1. The Bertz CT molecular complexity index is 762. The topological polar surface area (TPSA) is 168 Å². The van der Waals surface area contributed by atoms with Gasteiger partial charge in [0.1, 0.15) is 17.4 Å². The van der Waals surface area contributed by atoms with Crippen molar-refractivity contribution in [3.05, 3.63) is 53.4 Å². The van der Waals surface area contributed by atoms with E-state index in [2.05, 4.69) is 0 Å². The van der Waals surface area contributed by atoms with Gasteiger partial charge in [0.05, 0.1) is 0 Å². The summed E-state index contributed by atoms with van der Waals surface area (Å²) in [5.41, 5.74) is 0.162. The van der Waals surface area contributed by atoms with Crippen LogP contribution in [0, 0.1) is 5.92 Å². The van der Waals surface area contributed by atoms with E-state index in [-0.39, 0.29) is 18.6 Å². The number of nitrogens with one attached hydrogen (secondary N) is 1. The van der Waals surface area contributed by atoms with Crippen molar-refractivity contribution in [3.8, 4) is 5.75 Å². The standard InChI is InChI=1S/C15H18NO8P/c17-10-3-1-9(2-4-10)5-6-15(20,21)14-12(16-25(22,23)24)7-11(18)8-13(14)19/h1-4,7-8,14,17-18,20-21H,5-6H2,(H3,16,22,23,24). The van der Waals surface area contributed by atoms with E-state index in [1.54, 1.807) is 17.2 Å². The van der Waals surface area contributed by atoms with Crippen LogP contribution in [0.25, 0.3) is 0 Å². The number of hydrogen-bond donors (Lipinski definition) is 7. The smallest absolute Gasteiger partial charge is 0.427 e. The molecule has 2 rings (SSSR count). The number of rotatable bonds is 6. The Morgan fingerprint density at radius 3 is 2.24 bits per heavy atom. The Morgan fingerprint density at radius 2 is 1.68 bits per heavy atom. The molecule has 0 bridgehead atoms. The predicted molar refractivity (Wildman–Crippen MR) is 86.1 cm³/mol. The van der Waals surface area contributed by atoms with Crippen LogP contribution < -0.4 is 5.09 Å². The lowest BCUT2D eigenvalue weighted by molar-refractivity contribution is -0.195. The van der Waals surface area contributed by atoms with Crippen LogP contribution in [0.2, 0.25) is 0 Å². The summed E-state index contributed by atoms with van der Waals surface area (Å²) < 4.78 is 11.1. The largest absolute Gasteiger partial charge is 0.508 e. The van der Waals surface area contributed by atoms with Gasteiger partial charge < -0.3 is 30.2 Å². The van der Waals surface area contributed by atoms with Crippen molar-refractivity contribution in [1.82, 2.24) is 5.09 Å². The SMILES string of the molecule is O=C1C=C(O)C=C(NP(=O)(O)O)C1C(O)(O)CCc1ccc(O)cc1. The normalized spacial score (nSPS) is 18.6. The molecule has 0 radical (unpaired) electrons. The van der Waals surface area contributed by atoms with Crippen LogP contribution in [-0.2, 0) is 15.8 Å². The van der Waals surface area contributed by atoms with E-state index in [9.17, 15) is 29.8 Å². The van der Waals surface area contributed by atoms with E-state index in [0.29, 0.717) is 5.56 Å². The Hall–Kier alpha value is -2.16. The second-order valence-electron chi connectivity index (χ2n) is 5.71. The summed E-state index contributed by atoms with van der Waals surface area (Å²) in [7, 11) is -4.84. The minimum atomic E-state index is -4.84. The van der Waals surface area contributed by atoms with E-state index in [1.807, 2.05) is 0 Å². The molecule has 7 N–H and O–H groups in total. The van der Waals surface area contributed by atoms with Crippen molar-refractivity contribution in [2.75, 3.05) is 0 Å². The Balaban J connectivity index is 2.22. The van der Waals surface area contributed by atoms with Gasteiger partial charge in [-0.25, -0.2) is 4.57 Å². The molecule has 0 heterocycles. The molecule has 1 aliphatic rings. The number of ketones is 1. The first kappa shape index (κ1) is 19.2. The first-order chi connectivity index (χ1) is 11.5. The van der Waals surface area contributed by atoms with Crippen LogP contribution in [0.15, 0.2) is 47.9 Å². The van der Waals surface area contributed by atoms with E-state index in [1.165, 1.54) is 12.1 Å². The zero-order chi connectivity index (χ0) is 18.8. The van der Waals surface area contributed by atoms with Crippen LogP contribution in [-0.4, -0.2) is 41.8 Å². The maximum absolute atomic E-state index is 12.1. The summed E-state index contributed by atoms with van der Waals surface area (Å²) >= 11 is 0. The molecule has 0 aliphatic heterocycles. The van der Waals surface area contributed by atoms with Crippen molar-refractivity contribution < 1.29 is 39.6 Å². The molecule has 10 heteroatoms. The second-order valence-corrected chi connectivity index (χ2v) is 7.02. The minimum absolute atomic E-state index is 0.0437. The van der Waals surface area contributed by atoms with Crippen molar-refractivity contribution >= 4 is 13.5 Å². The zero-order valence-corrected chi connectivity index (χ0v) is 13.8. The van der Waals surface area contributed by atoms with Gasteiger partial charge in [0, 0.05) is 24.3 Å². The first-order valence-corrected chi connectivity index (χ1v) is 8.82. The van der Waals surface area contributed by atoms with Crippen LogP contribution in [0.4, 0.5) is 0 Å². The molecule has 25 heavy (non-hydrogen) atoms. The molecule has 136 valence electrons. The van der Waals surface area contributed by atoms with Crippen LogP contribution >= 0.6 is 7.75 Å². The molecule has 0 saturated carbocycles. The summed E-state index contributed by atoms with van der Waals surface area (Å²) in [6, 6.07) is 5.95. The predicted octanol–water partition coefficient (Wildman–Crippen LogP) is 0.213. The lowest BCUT2D eigenvalue weighted by Gasteiger charge is -2.33. The molecular weight excluding hydrogens is 353 g/mol. The van der Waals surface area contributed by atoms with Crippen molar-refractivity contribution in [2.45, 2.75) is 18.6 Å². The van der Waals surface area contributed by atoms with Crippen LogP contribution in [0.3, 0.4) is 0 Å². The number of phenols is 1. The molecule has 1 atom stereocenters. The average Bonchev–Trinajstić information content (AvgIpc) is 2.43. The van der Waals surface area contributed by atoms with Gasteiger partial charge >= 0.3 is 7.75 Å². The van der Waals surface area contributed by atoms with Crippen molar-refractivity contribution in [2.24, 2.45) is 5.92 Å². The Kier molecular flexibility index (Phi) is 5.36. The number of phenolic OH excluding ortho intramolecular Hbond substituents is 1. The summed E-state index contributed by atoms with van der Waals surface area (Å²) in [4.78, 5) is 30.1. The number of aromatic hydroxyl groups is 1. The summed E-state index contributed by atoms with van der Waals surface area (Å²) in [5.74, 6) is -5.76. The number of aliphatic hydroxyl groups is 3. The maximum Gasteiger partial charge on any atom is 0.427 e. The molecule has 0 amide bonds. The van der Waals surface area contributed by atoms with Gasteiger partial charge in [-0.2, -0.15) is 0 Å². The van der Waals surface area contributed by atoms with Gasteiger partial charge in [-0.15, -0.1) is 0 Å². The van der Waals surface area contributed by atoms with E-state index in [0.717, 1.165) is 12.2 Å². The molecule has 1 aromatic carbocycles. The Morgan fingerprint density at radius 1 is 1.08 bits per heavy atom. The van der Waals surface area contributed by atoms with Crippen LogP contribution in [0.1, 0.15) is 12.0 Å². The van der Waals surface area contributed by atoms with E-state index >= 15 is 0 Å². The molecule has 0 aromatic heterocycles. The van der Waals surface area contributed by atoms with Crippen molar-refractivity contribution in [1.29, 1.82) is 0 Å². The fraction of sp³-hybridized carbons (Fsp3) is 0.267. The Labute approximate surface area is 142 Å². The average molecular weight is 371 g/mol. The third-order valence-electron chi connectivity index (χ3n) is 3.64. The first-order valence-electron chi connectivity index (χ1n) is 7.20. The minimum Gasteiger partial charge on any atom is -0.508 e. The highest BCUT2D eigenvalue weighted by Crippen LogP contribution is 2.38. The maximum atomic E-state index is 12.1. The second kappa shape index (κ2) is 6.99. The number of aliphatic hydroxyl groups excluding tert-OH is 1. The molecule has 9 nitrogen and oxygen atoms in total. The van der Waals surface area contributed by atoms with E-state index < -0.39 is 36.7 Å². The van der Waals surface area contributed by atoms with Gasteiger partial charge in [0.25, 0.3) is 0 Å². The highest BCUT2D eigenvalue weighted by Gasteiger charge is 2.44. The molecule has 1 aromatic rings. The van der Waals surface area contributed by atoms with Crippen molar-refractivity contribution in [3.63, 3.8) is 0 Å². The fourth-order valence-electron chi connectivity index (χ4n) is 2.54. The fourth-order valence-corrected chi connectivity index (χ4v) is 3.07. The van der Waals surface area contributed by atoms with Crippen LogP contribution in [0.5, 0.6) is 5.75 Å². The van der Waals surface area contributed by atoms with Gasteiger partial charge in [-0.05, 0) is 24.1 Å². The molecule has 0 fully saturated rings. The number of hydrogen-bond acceptors (Lipinski definition) is 6. The van der Waals surface area contributed by atoms with Gasteiger partial charge in [0.15, 0.2) is 11.6 Å². The van der Waals surface area contributed by atoms with Gasteiger partial charge in [-0.3, -0.25) is 9.88 Å². The molecule has 0 spiro atoms.